The molecule has 0 bridgehead atoms. The number of amides is 1. The third-order valence-electron chi connectivity index (χ3n) is 0.868. The van der Waals surface area contributed by atoms with Crippen molar-refractivity contribution in [2.45, 2.75) is 0 Å². The zero-order chi connectivity index (χ0) is 7.40. The maximum absolute atomic E-state index is 10.7. The maximum Gasteiger partial charge on any atom is 0.259 e. The van der Waals surface area contributed by atoms with Gasteiger partial charge in [-0.25, -0.2) is 0 Å². The Bertz CT molecular complexity index is 273. The summed E-state index contributed by atoms with van der Waals surface area (Å²) in [7, 11) is 0. The Labute approximate surface area is 60.7 Å². The number of thiophene rings is 1. The number of rotatable bonds is 1. The Morgan fingerprint density at radius 1 is 1.80 bits per heavy atom. The quantitative estimate of drug-likeness (QED) is 0.346. The number of carbonyl (C=O) groups is 1. The molecule has 0 unspecified atom stereocenters. The molecular formula is C5H3N3OS. The monoisotopic (exact) mass is 153 g/mol. The lowest BCUT2D eigenvalue weighted by Crippen LogP contribution is -1.85. The molecule has 0 atom stereocenters. The molecule has 1 heterocycles. The standard InChI is InChI=1S/C5H3N3OS/c6-8-7-5(9)4-2-1-3-10-4/h1-3H. The minimum absolute atomic E-state index is 0.470. The highest BCUT2D eigenvalue weighted by molar-refractivity contribution is 7.12. The summed E-state index contributed by atoms with van der Waals surface area (Å²) in [5.41, 5.74) is 7.88. The van der Waals surface area contributed by atoms with Gasteiger partial charge in [-0.3, -0.25) is 4.79 Å². The van der Waals surface area contributed by atoms with Crippen molar-refractivity contribution in [3.8, 4) is 0 Å². The molecule has 0 spiro atoms. The first-order valence-corrected chi connectivity index (χ1v) is 3.35. The highest BCUT2D eigenvalue weighted by atomic mass is 32.1. The van der Waals surface area contributed by atoms with Crippen molar-refractivity contribution >= 4 is 17.2 Å². The molecule has 5 heteroatoms. The highest BCUT2D eigenvalue weighted by Crippen LogP contribution is 2.09. The lowest BCUT2D eigenvalue weighted by Gasteiger charge is -1.80. The van der Waals surface area contributed by atoms with E-state index < -0.39 is 5.91 Å². The van der Waals surface area contributed by atoms with E-state index in [2.05, 4.69) is 10.0 Å². The van der Waals surface area contributed by atoms with Crippen molar-refractivity contribution in [3.63, 3.8) is 0 Å². The smallest absolute Gasteiger partial charge is 0.259 e. The number of carbonyl (C=O) groups excluding carboxylic acids is 1. The molecule has 0 aliphatic heterocycles. The molecule has 0 fully saturated rings. The first-order chi connectivity index (χ1) is 4.84. The van der Waals surface area contributed by atoms with Crippen LogP contribution in [0.2, 0.25) is 0 Å². The van der Waals surface area contributed by atoms with E-state index in [1.54, 1.807) is 17.5 Å². The zero-order valence-corrected chi connectivity index (χ0v) is 5.71. The average Bonchev–Trinajstić information content (AvgIpc) is 2.38. The summed E-state index contributed by atoms with van der Waals surface area (Å²) in [5.74, 6) is -0.516. The van der Waals surface area contributed by atoms with E-state index in [1.165, 1.54) is 11.3 Å². The Kier molecular flexibility index (Phi) is 2.04. The first kappa shape index (κ1) is 6.80. The molecule has 0 saturated carbocycles. The predicted molar refractivity (Wildman–Crippen MR) is 37.8 cm³/mol. The number of hydrogen-bond acceptors (Lipinski definition) is 2. The van der Waals surface area contributed by atoms with Gasteiger partial charge < -0.3 is 0 Å². The third kappa shape index (κ3) is 1.34. The lowest BCUT2D eigenvalue weighted by molar-refractivity contribution is 0.100. The topological polar surface area (TPSA) is 65.8 Å². The number of hydrogen-bond donors (Lipinski definition) is 0. The van der Waals surface area contributed by atoms with Crippen molar-refractivity contribution in [1.29, 1.82) is 0 Å². The molecule has 0 saturated heterocycles. The molecule has 4 nitrogen and oxygen atoms in total. The minimum atomic E-state index is -0.516. The fraction of sp³-hybridized carbons (Fsp3) is 0. The van der Waals surface area contributed by atoms with Gasteiger partial charge in [-0.2, -0.15) is 0 Å². The maximum atomic E-state index is 10.7. The summed E-state index contributed by atoms with van der Waals surface area (Å²) < 4.78 is 0. The largest absolute Gasteiger partial charge is 0.286 e. The Morgan fingerprint density at radius 3 is 3.10 bits per heavy atom. The second kappa shape index (κ2) is 3.00. The van der Waals surface area contributed by atoms with Gasteiger partial charge in [0.25, 0.3) is 5.91 Å². The van der Waals surface area contributed by atoms with E-state index in [-0.39, 0.29) is 0 Å². The van der Waals surface area contributed by atoms with Crippen LogP contribution in [0.4, 0.5) is 0 Å². The number of azide groups is 1. The summed E-state index contributed by atoms with van der Waals surface area (Å²) in [6.07, 6.45) is 0. The van der Waals surface area contributed by atoms with Crippen molar-refractivity contribution in [2.75, 3.05) is 0 Å². The van der Waals surface area contributed by atoms with Gasteiger partial charge in [-0.1, -0.05) is 6.07 Å². The van der Waals surface area contributed by atoms with E-state index in [9.17, 15) is 4.79 Å². The van der Waals surface area contributed by atoms with Gasteiger partial charge >= 0.3 is 0 Å². The van der Waals surface area contributed by atoms with E-state index in [0.717, 1.165) is 0 Å². The van der Waals surface area contributed by atoms with Crippen molar-refractivity contribution in [1.82, 2.24) is 0 Å². The fourth-order valence-corrected chi connectivity index (χ4v) is 1.09. The Morgan fingerprint density at radius 2 is 2.60 bits per heavy atom. The van der Waals surface area contributed by atoms with Crippen LogP contribution in [0.15, 0.2) is 22.6 Å². The average molecular weight is 153 g/mol. The SMILES string of the molecule is [N-]=[N+]=NC(=O)c1cccs1. The van der Waals surface area contributed by atoms with Gasteiger partial charge in [-0.05, 0) is 22.1 Å². The van der Waals surface area contributed by atoms with Crippen LogP contribution >= 0.6 is 11.3 Å². The second-order valence-electron chi connectivity index (χ2n) is 1.47. The highest BCUT2D eigenvalue weighted by Gasteiger charge is 2.00. The third-order valence-corrected chi connectivity index (χ3v) is 1.73. The Hall–Kier alpha value is -1.32. The summed E-state index contributed by atoms with van der Waals surface area (Å²) in [5, 5.41) is 4.67. The van der Waals surface area contributed by atoms with Crippen LogP contribution in [-0.2, 0) is 0 Å². The van der Waals surface area contributed by atoms with Crippen molar-refractivity contribution < 1.29 is 4.79 Å². The lowest BCUT2D eigenvalue weighted by atomic mass is 10.5. The molecule has 1 aromatic heterocycles. The van der Waals surface area contributed by atoms with Crippen LogP contribution in [0.3, 0.4) is 0 Å². The van der Waals surface area contributed by atoms with Crippen LogP contribution in [0.1, 0.15) is 9.67 Å². The molecule has 1 aromatic rings. The van der Waals surface area contributed by atoms with Gasteiger partial charge in [0.1, 0.15) is 0 Å². The summed E-state index contributed by atoms with van der Waals surface area (Å²) in [6.45, 7) is 0. The first-order valence-electron chi connectivity index (χ1n) is 2.47. The molecule has 50 valence electrons. The predicted octanol–water partition coefficient (Wildman–Crippen LogP) is 2.20. The molecule has 0 N–H and O–H groups in total. The molecular weight excluding hydrogens is 150 g/mol. The molecule has 0 radical (unpaired) electrons. The molecule has 0 aromatic carbocycles. The van der Waals surface area contributed by atoms with Crippen LogP contribution in [0, 0.1) is 0 Å². The zero-order valence-electron chi connectivity index (χ0n) is 4.89. The summed E-state index contributed by atoms with van der Waals surface area (Å²) >= 11 is 1.26. The van der Waals surface area contributed by atoms with Gasteiger partial charge in [0.15, 0.2) is 0 Å². The van der Waals surface area contributed by atoms with E-state index >= 15 is 0 Å². The minimum Gasteiger partial charge on any atom is -0.286 e. The molecule has 0 aliphatic rings. The van der Waals surface area contributed by atoms with Crippen molar-refractivity contribution in [3.05, 3.63) is 32.8 Å². The second-order valence-corrected chi connectivity index (χ2v) is 2.42. The van der Waals surface area contributed by atoms with E-state index in [4.69, 9.17) is 5.53 Å². The van der Waals surface area contributed by atoms with E-state index in [0.29, 0.717) is 4.88 Å². The summed E-state index contributed by atoms with van der Waals surface area (Å²) in [4.78, 5) is 13.5. The molecule has 1 rings (SSSR count). The van der Waals surface area contributed by atoms with Crippen molar-refractivity contribution in [2.24, 2.45) is 5.11 Å². The van der Waals surface area contributed by atoms with Crippen LogP contribution < -0.4 is 0 Å². The van der Waals surface area contributed by atoms with Gasteiger partial charge in [0, 0.05) is 4.91 Å². The van der Waals surface area contributed by atoms with Crippen LogP contribution in [-0.4, -0.2) is 5.91 Å². The molecule has 10 heavy (non-hydrogen) atoms. The fourth-order valence-electron chi connectivity index (χ4n) is 0.490. The summed E-state index contributed by atoms with van der Waals surface area (Å²) in [6, 6.07) is 3.34. The van der Waals surface area contributed by atoms with Crippen LogP contribution in [0.5, 0.6) is 0 Å². The van der Waals surface area contributed by atoms with Gasteiger partial charge in [-0.15, -0.1) is 11.3 Å². The normalized spacial score (nSPS) is 8.40. The number of nitrogens with zero attached hydrogens (tertiary/aromatic N) is 3. The molecule has 0 aliphatic carbocycles. The van der Waals surface area contributed by atoms with E-state index in [1.807, 2.05) is 0 Å². The Balaban J connectivity index is 2.87. The van der Waals surface area contributed by atoms with Crippen LogP contribution in [0.25, 0.3) is 10.4 Å². The van der Waals surface area contributed by atoms with Gasteiger partial charge in [0.05, 0.1) is 4.88 Å². The van der Waals surface area contributed by atoms with Gasteiger partial charge in [0.2, 0.25) is 0 Å². The molecule has 1 amide bonds.